The zero-order valence-electron chi connectivity index (χ0n) is 28.3. The van der Waals surface area contributed by atoms with E-state index < -0.39 is 63.0 Å². The number of allylic oxidation sites excluding steroid dienone is 1. The Kier molecular flexibility index (Phi) is 8.99. The zero-order valence-corrected chi connectivity index (χ0v) is 29.9. The normalized spacial score (nSPS) is 33.8. The second kappa shape index (κ2) is 12.8. The van der Waals surface area contributed by atoms with Crippen LogP contribution in [0.3, 0.4) is 0 Å². The van der Waals surface area contributed by atoms with E-state index in [1.165, 1.54) is 6.92 Å². The number of ether oxygens (including phenoxy) is 1. The smallest absolute Gasteiger partial charge is 0.282 e. The largest absolute Gasteiger partial charge is 0.490 e. The van der Waals surface area contributed by atoms with Gasteiger partial charge in [-0.15, -0.1) is 0 Å². The lowest BCUT2D eigenvalue weighted by molar-refractivity contribution is -0.171. The van der Waals surface area contributed by atoms with Gasteiger partial charge in [-0.25, -0.2) is 21.9 Å². The van der Waals surface area contributed by atoms with Crippen molar-refractivity contribution in [3.63, 3.8) is 0 Å². The molecule has 6 atom stereocenters. The van der Waals surface area contributed by atoms with Crippen LogP contribution < -0.4 is 14.4 Å². The first-order valence-corrected chi connectivity index (χ1v) is 19.4. The maximum atomic E-state index is 13.7. The molecule has 1 spiro atoms. The number of nitrogens with one attached hydrogen (secondary N) is 1. The molecule has 0 unspecified atom stereocenters. The van der Waals surface area contributed by atoms with E-state index >= 15 is 0 Å². The minimum Gasteiger partial charge on any atom is -0.490 e. The van der Waals surface area contributed by atoms with Gasteiger partial charge < -0.3 is 19.6 Å². The third-order valence-electron chi connectivity index (χ3n) is 11.9. The number of aliphatic hydroxyl groups is 1. The molecule has 9 nitrogen and oxygen atoms in total. The van der Waals surface area contributed by atoms with Crippen LogP contribution >= 0.6 is 11.6 Å². The molecule has 1 saturated heterocycles. The third-order valence-corrected chi connectivity index (χ3v) is 14.0. The van der Waals surface area contributed by atoms with Crippen molar-refractivity contribution < 1.29 is 36.6 Å². The number of sulfonamides is 1. The Morgan fingerprint density at radius 3 is 2.62 bits per heavy atom. The van der Waals surface area contributed by atoms with E-state index in [4.69, 9.17) is 16.3 Å². The molecule has 270 valence electrons. The lowest BCUT2D eigenvalue weighted by Gasteiger charge is -2.50. The summed E-state index contributed by atoms with van der Waals surface area (Å²) in [7, 11) is -4.09. The second-order valence-corrected chi connectivity index (χ2v) is 17.8. The minimum atomic E-state index is -4.09. The molecule has 0 radical (unpaired) electrons. The Balaban J connectivity index is 1.29. The van der Waals surface area contributed by atoms with Crippen molar-refractivity contribution in [1.82, 2.24) is 9.62 Å². The highest BCUT2D eigenvalue weighted by Crippen LogP contribution is 2.49. The Morgan fingerprint density at radius 1 is 1.12 bits per heavy atom. The Labute approximate surface area is 297 Å². The van der Waals surface area contributed by atoms with E-state index in [0.717, 1.165) is 41.7 Å². The first kappa shape index (κ1) is 35.2. The molecule has 2 aromatic rings. The van der Waals surface area contributed by atoms with Crippen LogP contribution in [0, 0.1) is 17.8 Å². The number of hydrogen-bond donors (Lipinski definition) is 2. The van der Waals surface area contributed by atoms with Crippen molar-refractivity contribution >= 4 is 39.1 Å². The van der Waals surface area contributed by atoms with Crippen LogP contribution in [-0.4, -0.2) is 79.8 Å². The summed E-state index contributed by atoms with van der Waals surface area (Å²) in [6.07, 6.45) is 7.25. The second-order valence-electron chi connectivity index (χ2n) is 15.3. The maximum absolute atomic E-state index is 13.7. The van der Waals surface area contributed by atoms with Crippen molar-refractivity contribution in [2.45, 2.75) is 81.0 Å². The number of carbonyl (C=O) groups excluding carboxylic acids is 2. The van der Waals surface area contributed by atoms with Gasteiger partial charge in [0.25, 0.3) is 11.8 Å². The lowest BCUT2D eigenvalue weighted by atomic mass is 9.63. The summed E-state index contributed by atoms with van der Waals surface area (Å²) >= 11 is 6.41. The Morgan fingerprint density at radius 2 is 1.90 bits per heavy atom. The van der Waals surface area contributed by atoms with Crippen molar-refractivity contribution in [1.29, 1.82) is 0 Å². The molecular weight excluding hydrogens is 688 g/mol. The zero-order chi connectivity index (χ0) is 35.6. The van der Waals surface area contributed by atoms with Gasteiger partial charge in [-0.3, -0.25) is 9.59 Å². The number of rotatable bonds is 2. The molecule has 0 aromatic heterocycles. The van der Waals surface area contributed by atoms with Crippen LogP contribution in [0.15, 0.2) is 48.6 Å². The highest BCUT2D eigenvalue weighted by Gasteiger charge is 2.52. The Bertz CT molecular complexity index is 1830. The van der Waals surface area contributed by atoms with Gasteiger partial charge in [0.2, 0.25) is 15.9 Å². The van der Waals surface area contributed by atoms with Gasteiger partial charge in [0, 0.05) is 29.1 Å². The minimum absolute atomic E-state index is 0.0753. The summed E-state index contributed by atoms with van der Waals surface area (Å²) in [5, 5.41) is 12.0. The lowest BCUT2D eigenvalue weighted by Crippen LogP contribution is -2.60. The maximum Gasteiger partial charge on any atom is 0.282 e. The SMILES string of the molecule is C[C@@H]1[C@@H](C)C/C=C/[C@@](O)(CC(=O)N2CC(F)(F)C2)[C@@H]2CC[C@H]2CN2C[C@@]3(CCCc4cc(Cl)ccc43)COc3ccc(cc32)C(=O)NS1(=O)=O. The number of alkyl halides is 2. The fraction of sp³-hybridized carbons (Fsp3) is 0.568. The first-order valence-electron chi connectivity index (χ1n) is 17.5. The van der Waals surface area contributed by atoms with Crippen molar-refractivity contribution in [3.05, 3.63) is 70.3 Å². The molecule has 2 aliphatic carbocycles. The average molecular weight is 732 g/mol. The molecule has 2 bridgehead atoms. The predicted octanol–water partition coefficient (Wildman–Crippen LogP) is 5.48. The van der Waals surface area contributed by atoms with E-state index in [1.54, 1.807) is 37.3 Å². The molecule has 3 heterocycles. The van der Waals surface area contributed by atoms with Crippen LogP contribution in [0.25, 0.3) is 0 Å². The van der Waals surface area contributed by atoms with Crippen LogP contribution in [-0.2, 0) is 26.7 Å². The van der Waals surface area contributed by atoms with Gasteiger partial charge in [0.15, 0.2) is 0 Å². The summed E-state index contributed by atoms with van der Waals surface area (Å²) in [4.78, 5) is 30.0. The molecule has 2 fully saturated rings. The molecule has 3 aliphatic heterocycles. The fourth-order valence-electron chi connectivity index (χ4n) is 8.61. The van der Waals surface area contributed by atoms with Crippen LogP contribution in [0.1, 0.15) is 73.9 Å². The summed E-state index contributed by atoms with van der Waals surface area (Å²) < 4.78 is 63.0. The van der Waals surface area contributed by atoms with Crippen LogP contribution in [0.2, 0.25) is 5.02 Å². The van der Waals surface area contributed by atoms with E-state index in [9.17, 15) is 31.9 Å². The number of hydrogen-bond acceptors (Lipinski definition) is 7. The van der Waals surface area contributed by atoms with Crippen LogP contribution in [0.5, 0.6) is 5.75 Å². The number of anilines is 1. The van der Waals surface area contributed by atoms with Crippen molar-refractivity contribution in [2.75, 3.05) is 37.7 Å². The third kappa shape index (κ3) is 6.51. The predicted molar refractivity (Wildman–Crippen MR) is 186 cm³/mol. The van der Waals surface area contributed by atoms with Gasteiger partial charge in [0.05, 0.1) is 42.7 Å². The molecular formula is C37H44ClF2N3O6S. The number of nitrogens with zero attached hydrogens (tertiary/aromatic N) is 2. The summed E-state index contributed by atoms with van der Waals surface area (Å²) in [5.74, 6) is -4.52. The molecule has 7 rings (SSSR count). The highest BCUT2D eigenvalue weighted by molar-refractivity contribution is 7.90. The van der Waals surface area contributed by atoms with Gasteiger partial charge in [-0.1, -0.05) is 36.7 Å². The van der Waals surface area contributed by atoms with Crippen LogP contribution in [0.4, 0.5) is 14.5 Å². The fourth-order valence-corrected chi connectivity index (χ4v) is 10.1. The number of amides is 2. The van der Waals surface area contributed by atoms with Crippen molar-refractivity contribution in [2.24, 2.45) is 17.8 Å². The molecule has 5 aliphatic rings. The quantitative estimate of drug-likeness (QED) is 0.393. The molecule has 2 N–H and O–H groups in total. The monoisotopic (exact) mass is 731 g/mol. The number of benzene rings is 2. The summed E-state index contributed by atoms with van der Waals surface area (Å²) in [6.45, 7) is 3.32. The number of likely N-dealkylation sites (tertiary alicyclic amines) is 1. The number of aryl methyl sites for hydroxylation is 1. The summed E-state index contributed by atoms with van der Waals surface area (Å²) in [6, 6.07) is 10.9. The van der Waals surface area contributed by atoms with E-state index in [0.29, 0.717) is 42.6 Å². The molecule has 2 aromatic carbocycles. The van der Waals surface area contributed by atoms with E-state index in [-0.39, 0.29) is 30.2 Å². The van der Waals surface area contributed by atoms with E-state index in [1.807, 2.05) is 12.1 Å². The van der Waals surface area contributed by atoms with Gasteiger partial charge in [0.1, 0.15) is 5.75 Å². The van der Waals surface area contributed by atoms with Gasteiger partial charge in [-0.2, -0.15) is 0 Å². The van der Waals surface area contributed by atoms with Gasteiger partial charge >= 0.3 is 0 Å². The number of carbonyl (C=O) groups is 2. The molecule has 13 heteroatoms. The number of fused-ring (bicyclic) bond motifs is 4. The molecule has 50 heavy (non-hydrogen) atoms. The first-order chi connectivity index (χ1) is 23.6. The highest BCUT2D eigenvalue weighted by atomic mass is 35.5. The van der Waals surface area contributed by atoms with Gasteiger partial charge in [-0.05, 0) is 105 Å². The molecule has 2 amide bonds. The molecule has 1 saturated carbocycles. The number of halogens is 3. The topological polar surface area (TPSA) is 116 Å². The standard InChI is InChI=1S/C37H44ClF2N3O6S/c1-23-5-3-14-36(46,17-33(44)43-20-37(39,40)21-43)30-10-7-27(30)18-42-19-35(13-4-6-25-15-28(38)9-11-29(25)35)22-49-32-12-8-26(16-31(32)42)34(45)41-50(47,48)24(23)2/h3,8-9,11-12,14-16,23-24,27,30,46H,4-7,10,13,17-22H2,1-2H3,(H,41,45)/b14-3+/t23-,24+,27-,30+,35-,36+/m0/s1. The summed E-state index contributed by atoms with van der Waals surface area (Å²) in [5.41, 5.74) is 1.10. The van der Waals surface area contributed by atoms with Crippen molar-refractivity contribution in [3.8, 4) is 5.75 Å². The average Bonchev–Trinajstić information content (AvgIpc) is 3.17. The van der Waals surface area contributed by atoms with E-state index in [2.05, 4.69) is 15.7 Å². The Hall–Kier alpha value is -3.22.